The molecule has 32 heavy (non-hydrogen) atoms. The Bertz CT molecular complexity index is 1390. The van der Waals surface area contributed by atoms with Crippen molar-refractivity contribution in [3.05, 3.63) is 83.5 Å². The fourth-order valence-corrected chi connectivity index (χ4v) is 3.97. The van der Waals surface area contributed by atoms with Gasteiger partial charge in [0.05, 0.1) is 16.9 Å². The van der Waals surface area contributed by atoms with Gasteiger partial charge in [-0.1, -0.05) is 5.21 Å². The van der Waals surface area contributed by atoms with Crippen LogP contribution in [0.3, 0.4) is 0 Å². The molecule has 0 aliphatic heterocycles. The third-order valence-electron chi connectivity index (χ3n) is 5.34. The van der Waals surface area contributed by atoms with Crippen molar-refractivity contribution in [1.29, 1.82) is 0 Å². The van der Waals surface area contributed by atoms with Crippen LogP contribution in [0, 0.1) is 25.5 Å². The molecule has 8 nitrogen and oxygen atoms in total. The Morgan fingerprint density at radius 1 is 0.938 bits per heavy atom. The molecule has 0 saturated carbocycles. The molecule has 5 heterocycles. The van der Waals surface area contributed by atoms with Crippen LogP contribution in [0.25, 0.3) is 22.4 Å². The van der Waals surface area contributed by atoms with Gasteiger partial charge in [0, 0.05) is 31.2 Å². The standard InChI is InChI=1S/C22H18F2N8/c1-12-20(31(3)30-29-12)14-10-17-22(27-11-14)28-13(2)32(17)21(18-15(23)6-4-8-25-18)19-16(24)7-5-9-26-19/h4-11,21H,1-3H3. The van der Waals surface area contributed by atoms with Crippen molar-refractivity contribution in [2.45, 2.75) is 19.9 Å². The van der Waals surface area contributed by atoms with Gasteiger partial charge in [-0.3, -0.25) is 9.97 Å². The van der Waals surface area contributed by atoms with E-state index in [1.54, 1.807) is 29.4 Å². The van der Waals surface area contributed by atoms with Crippen molar-refractivity contribution in [1.82, 2.24) is 39.5 Å². The van der Waals surface area contributed by atoms with Gasteiger partial charge in [-0.15, -0.1) is 5.10 Å². The number of imidazole rings is 1. The number of hydrogen-bond donors (Lipinski definition) is 0. The minimum atomic E-state index is -0.981. The second-order valence-electron chi connectivity index (χ2n) is 7.39. The lowest BCUT2D eigenvalue weighted by atomic mass is 10.1. The molecule has 160 valence electrons. The zero-order valence-electron chi connectivity index (χ0n) is 17.5. The fraction of sp³-hybridized carbons (Fsp3) is 0.182. The van der Waals surface area contributed by atoms with Gasteiger partial charge >= 0.3 is 0 Å². The zero-order valence-corrected chi connectivity index (χ0v) is 17.5. The van der Waals surface area contributed by atoms with Crippen LogP contribution in [-0.4, -0.2) is 39.5 Å². The third kappa shape index (κ3) is 3.11. The molecule has 0 unspecified atom stereocenters. The maximum atomic E-state index is 14.9. The van der Waals surface area contributed by atoms with E-state index < -0.39 is 17.7 Å². The van der Waals surface area contributed by atoms with E-state index in [2.05, 4.69) is 30.2 Å². The van der Waals surface area contributed by atoms with Gasteiger partial charge in [0.2, 0.25) is 0 Å². The highest BCUT2D eigenvalue weighted by atomic mass is 19.1. The molecule has 0 saturated heterocycles. The SMILES string of the molecule is Cc1nnn(C)c1-c1cnc2nc(C)n(C(c3ncccc3F)c3ncccc3F)c2c1. The lowest BCUT2D eigenvalue weighted by Crippen LogP contribution is -2.19. The maximum absolute atomic E-state index is 14.9. The lowest BCUT2D eigenvalue weighted by molar-refractivity contribution is 0.519. The molecular formula is C22H18F2N8. The highest BCUT2D eigenvalue weighted by molar-refractivity contribution is 5.79. The molecule has 0 bridgehead atoms. The molecular weight excluding hydrogens is 414 g/mol. The van der Waals surface area contributed by atoms with Crippen LogP contribution < -0.4 is 0 Å². The van der Waals surface area contributed by atoms with E-state index in [9.17, 15) is 8.78 Å². The first kappa shape index (κ1) is 19.9. The van der Waals surface area contributed by atoms with E-state index in [1.165, 1.54) is 36.7 Å². The highest BCUT2D eigenvalue weighted by Crippen LogP contribution is 2.33. The molecule has 0 fully saturated rings. The van der Waals surface area contributed by atoms with Crippen molar-refractivity contribution >= 4 is 11.2 Å². The van der Waals surface area contributed by atoms with Gasteiger partial charge in [0.1, 0.15) is 34.9 Å². The Labute approximate surface area is 181 Å². The summed E-state index contributed by atoms with van der Waals surface area (Å²) >= 11 is 0. The Hall–Kier alpha value is -4.08. The number of aromatic nitrogens is 8. The van der Waals surface area contributed by atoms with Gasteiger partial charge in [-0.05, 0) is 44.2 Å². The molecule has 0 radical (unpaired) electrons. The first-order chi connectivity index (χ1) is 15.5. The Morgan fingerprint density at radius 3 is 2.16 bits per heavy atom. The lowest BCUT2D eigenvalue weighted by Gasteiger charge is -2.21. The van der Waals surface area contributed by atoms with Gasteiger partial charge < -0.3 is 4.57 Å². The molecule has 0 N–H and O–H groups in total. The van der Waals surface area contributed by atoms with Crippen LogP contribution in [0.4, 0.5) is 8.78 Å². The van der Waals surface area contributed by atoms with E-state index in [0.717, 1.165) is 17.0 Å². The van der Waals surface area contributed by atoms with E-state index in [0.29, 0.717) is 17.0 Å². The van der Waals surface area contributed by atoms with Gasteiger partial charge in [0.15, 0.2) is 5.65 Å². The van der Waals surface area contributed by atoms with E-state index in [4.69, 9.17) is 0 Å². The number of aryl methyl sites for hydroxylation is 3. The monoisotopic (exact) mass is 432 g/mol. The molecule has 0 atom stereocenters. The van der Waals surface area contributed by atoms with E-state index >= 15 is 0 Å². The van der Waals surface area contributed by atoms with Crippen molar-refractivity contribution < 1.29 is 8.78 Å². The van der Waals surface area contributed by atoms with Crippen molar-refractivity contribution in [3.8, 4) is 11.3 Å². The molecule has 10 heteroatoms. The molecule has 0 aliphatic rings. The van der Waals surface area contributed by atoms with Gasteiger partial charge in [-0.2, -0.15) is 0 Å². The van der Waals surface area contributed by atoms with Crippen LogP contribution in [0.1, 0.15) is 28.9 Å². The number of pyridine rings is 3. The minimum Gasteiger partial charge on any atom is -0.312 e. The number of fused-ring (bicyclic) bond motifs is 1. The van der Waals surface area contributed by atoms with Crippen LogP contribution in [0.2, 0.25) is 0 Å². The third-order valence-corrected chi connectivity index (χ3v) is 5.34. The second kappa shape index (κ2) is 7.56. The summed E-state index contributed by atoms with van der Waals surface area (Å²) < 4.78 is 33.2. The average molecular weight is 432 g/mol. The van der Waals surface area contributed by atoms with Crippen molar-refractivity contribution in [2.75, 3.05) is 0 Å². The number of rotatable bonds is 4. The summed E-state index contributed by atoms with van der Waals surface area (Å²) in [7, 11) is 1.79. The van der Waals surface area contributed by atoms with Crippen LogP contribution >= 0.6 is 0 Å². The molecule has 5 aromatic heterocycles. The fourth-order valence-electron chi connectivity index (χ4n) is 3.97. The summed E-state index contributed by atoms with van der Waals surface area (Å²) in [4.78, 5) is 17.5. The topological polar surface area (TPSA) is 87.2 Å². The predicted octanol–water partition coefficient (Wildman–Crippen LogP) is 3.55. The van der Waals surface area contributed by atoms with Crippen molar-refractivity contribution in [2.24, 2.45) is 7.05 Å². The number of nitrogens with zero attached hydrogens (tertiary/aromatic N) is 8. The predicted molar refractivity (Wildman–Crippen MR) is 113 cm³/mol. The van der Waals surface area contributed by atoms with Gasteiger partial charge in [-0.25, -0.2) is 23.4 Å². The molecule has 5 aromatic rings. The second-order valence-corrected chi connectivity index (χ2v) is 7.39. The van der Waals surface area contributed by atoms with Crippen molar-refractivity contribution in [3.63, 3.8) is 0 Å². The maximum Gasteiger partial charge on any atom is 0.177 e. The first-order valence-corrected chi connectivity index (χ1v) is 9.87. The Kier molecular flexibility index (Phi) is 4.69. The normalized spacial score (nSPS) is 11.6. The summed E-state index contributed by atoms with van der Waals surface area (Å²) in [6, 6.07) is 6.44. The molecule has 0 spiro atoms. The summed E-state index contributed by atoms with van der Waals surface area (Å²) in [5.41, 5.74) is 3.38. The summed E-state index contributed by atoms with van der Waals surface area (Å²) in [5, 5.41) is 8.15. The zero-order chi connectivity index (χ0) is 22.4. The molecule has 0 aliphatic carbocycles. The largest absolute Gasteiger partial charge is 0.312 e. The summed E-state index contributed by atoms with van der Waals surface area (Å²) in [5.74, 6) is -0.621. The highest BCUT2D eigenvalue weighted by Gasteiger charge is 2.29. The smallest absolute Gasteiger partial charge is 0.177 e. The van der Waals surface area contributed by atoms with Crippen LogP contribution in [0.5, 0.6) is 0 Å². The average Bonchev–Trinajstić information content (AvgIpc) is 3.28. The van der Waals surface area contributed by atoms with Crippen LogP contribution in [-0.2, 0) is 7.05 Å². The van der Waals surface area contributed by atoms with Crippen LogP contribution in [0.15, 0.2) is 48.9 Å². The number of halogens is 2. The number of hydrogen-bond acceptors (Lipinski definition) is 6. The quantitative estimate of drug-likeness (QED) is 0.432. The minimum absolute atomic E-state index is 0.0382. The molecule has 0 amide bonds. The summed E-state index contributed by atoms with van der Waals surface area (Å²) in [6.07, 6.45) is 4.62. The van der Waals surface area contributed by atoms with E-state index in [-0.39, 0.29) is 11.4 Å². The van der Waals surface area contributed by atoms with Gasteiger partial charge in [0.25, 0.3) is 0 Å². The Morgan fingerprint density at radius 2 is 1.59 bits per heavy atom. The first-order valence-electron chi connectivity index (χ1n) is 9.87. The molecule has 0 aromatic carbocycles. The Balaban J connectivity index is 1.82. The summed E-state index contributed by atoms with van der Waals surface area (Å²) in [6.45, 7) is 3.61. The van der Waals surface area contributed by atoms with E-state index in [1.807, 2.05) is 13.0 Å². The molecule has 5 rings (SSSR count).